The molecule has 1 N–H and O–H groups in total. The van der Waals surface area contributed by atoms with Crippen LogP contribution in [0.3, 0.4) is 0 Å². The van der Waals surface area contributed by atoms with Crippen LogP contribution >= 0.6 is 11.6 Å². The predicted octanol–water partition coefficient (Wildman–Crippen LogP) is 2.66. The van der Waals surface area contributed by atoms with Crippen LogP contribution in [-0.2, 0) is 0 Å². The molecular formula is C10H7ClN6. The Hall–Kier alpha value is -2.22. The Balaban J connectivity index is 2.25. The van der Waals surface area contributed by atoms with Crippen molar-refractivity contribution in [1.29, 1.82) is 0 Å². The average molecular weight is 247 g/mol. The summed E-state index contributed by atoms with van der Waals surface area (Å²) >= 11 is 5.89. The van der Waals surface area contributed by atoms with Crippen LogP contribution in [0.2, 0.25) is 5.15 Å². The van der Waals surface area contributed by atoms with Crippen molar-refractivity contribution in [3.63, 3.8) is 0 Å². The molecule has 0 aliphatic heterocycles. The number of aromatic nitrogens is 3. The van der Waals surface area contributed by atoms with Crippen LogP contribution in [0.1, 0.15) is 12.0 Å². The molecule has 0 saturated carbocycles. The second-order valence-electron chi connectivity index (χ2n) is 3.10. The third-order valence-electron chi connectivity index (χ3n) is 2.04. The Morgan fingerprint density at radius 1 is 1.53 bits per heavy atom. The average Bonchev–Trinajstić information content (AvgIpc) is 2.74. The van der Waals surface area contributed by atoms with E-state index in [9.17, 15) is 0 Å². The molecule has 0 atom stereocenters. The summed E-state index contributed by atoms with van der Waals surface area (Å²) in [5.41, 5.74) is 10.2. The summed E-state index contributed by atoms with van der Waals surface area (Å²) in [6.07, 6.45) is 3.63. The van der Waals surface area contributed by atoms with Crippen LogP contribution in [0.25, 0.3) is 21.5 Å². The summed E-state index contributed by atoms with van der Waals surface area (Å²) in [6.45, 7) is 0.363. The lowest BCUT2D eigenvalue weighted by Gasteiger charge is -1.90. The molecule has 0 aliphatic rings. The molecule has 2 aromatic rings. The van der Waals surface area contributed by atoms with Gasteiger partial charge in [-0.1, -0.05) is 28.6 Å². The minimum absolute atomic E-state index is 0.363. The number of H-pyrrole nitrogens is 1. The lowest BCUT2D eigenvalue weighted by Crippen LogP contribution is -1.82. The zero-order valence-electron chi connectivity index (χ0n) is 8.68. The van der Waals surface area contributed by atoms with Crippen LogP contribution in [0.15, 0.2) is 17.6 Å². The summed E-state index contributed by atoms with van der Waals surface area (Å²) in [6, 6.07) is 0. The van der Waals surface area contributed by atoms with Crippen molar-refractivity contribution in [2.24, 2.45) is 5.11 Å². The van der Waals surface area contributed by atoms with E-state index in [2.05, 4.69) is 36.8 Å². The fraction of sp³-hybridized carbons (Fsp3) is 0.200. The number of hydrogen-bond acceptors (Lipinski definition) is 3. The Morgan fingerprint density at radius 3 is 3.24 bits per heavy atom. The summed E-state index contributed by atoms with van der Waals surface area (Å²) in [7, 11) is 0. The van der Waals surface area contributed by atoms with E-state index in [1.54, 1.807) is 6.20 Å². The van der Waals surface area contributed by atoms with Gasteiger partial charge in [0, 0.05) is 24.1 Å². The second-order valence-corrected chi connectivity index (χ2v) is 3.45. The van der Waals surface area contributed by atoms with Crippen molar-refractivity contribution < 1.29 is 0 Å². The highest BCUT2D eigenvalue weighted by Gasteiger charge is 2.06. The van der Waals surface area contributed by atoms with Crippen molar-refractivity contribution in [3.05, 3.63) is 33.7 Å². The highest BCUT2D eigenvalue weighted by Crippen LogP contribution is 2.20. The zero-order valence-corrected chi connectivity index (χ0v) is 9.44. The van der Waals surface area contributed by atoms with Gasteiger partial charge in [0.05, 0.1) is 5.56 Å². The van der Waals surface area contributed by atoms with Crippen molar-refractivity contribution in [2.75, 3.05) is 6.54 Å². The van der Waals surface area contributed by atoms with Gasteiger partial charge in [0.1, 0.15) is 17.4 Å². The van der Waals surface area contributed by atoms with E-state index in [-0.39, 0.29) is 0 Å². The van der Waals surface area contributed by atoms with Crippen LogP contribution in [-0.4, -0.2) is 21.5 Å². The summed E-state index contributed by atoms with van der Waals surface area (Å²) in [5, 5.41) is 3.76. The van der Waals surface area contributed by atoms with Crippen LogP contribution in [0.4, 0.5) is 0 Å². The van der Waals surface area contributed by atoms with Crippen molar-refractivity contribution in [1.82, 2.24) is 15.0 Å². The maximum Gasteiger partial charge on any atom is 0.156 e. The number of halogens is 1. The number of azide groups is 1. The summed E-state index contributed by atoms with van der Waals surface area (Å²) < 4.78 is 0. The molecule has 2 rings (SSSR count). The van der Waals surface area contributed by atoms with Gasteiger partial charge in [0.2, 0.25) is 0 Å². The quantitative estimate of drug-likeness (QED) is 0.220. The first-order valence-electron chi connectivity index (χ1n) is 4.80. The van der Waals surface area contributed by atoms with Crippen LogP contribution < -0.4 is 0 Å². The third kappa shape index (κ3) is 2.48. The fourth-order valence-corrected chi connectivity index (χ4v) is 1.50. The van der Waals surface area contributed by atoms with Gasteiger partial charge >= 0.3 is 0 Å². The molecule has 84 valence electrons. The Kier molecular flexibility index (Phi) is 3.46. The van der Waals surface area contributed by atoms with Gasteiger partial charge in [-0.3, -0.25) is 0 Å². The minimum Gasteiger partial charge on any atom is -0.356 e. The molecule has 0 fully saturated rings. The largest absolute Gasteiger partial charge is 0.356 e. The maximum absolute atomic E-state index is 8.09. The molecule has 0 unspecified atom stereocenters. The van der Waals surface area contributed by atoms with Gasteiger partial charge in [-0.05, 0) is 5.53 Å². The molecule has 0 radical (unpaired) electrons. The minimum atomic E-state index is 0.363. The van der Waals surface area contributed by atoms with Crippen molar-refractivity contribution in [3.8, 4) is 11.8 Å². The molecule has 0 saturated heterocycles. The molecular weight excluding hydrogens is 240 g/mol. The number of hydrogen-bond donors (Lipinski definition) is 1. The Bertz CT molecular complexity index is 644. The van der Waals surface area contributed by atoms with E-state index < -0.39 is 0 Å². The molecule has 0 spiro atoms. The maximum atomic E-state index is 8.09. The van der Waals surface area contributed by atoms with Crippen LogP contribution in [0, 0.1) is 11.8 Å². The summed E-state index contributed by atoms with van der Waals surface area (Å²) in [5.74, 6) is 5.84. The SMILES string of the molecule is [N-]=[N+]=NCCC#Cc1c[nH]c2c(Cl)ncnc12. The number of fused-ring (bicyclic) bond motifs is 1. The van der Waals surface area contributed by atoms with Gasteiger partial charge in [-0.15, -0.1) is 0 Å². The normalized spacial score (nSPS) is 9.47. The highest BCUT2D eigenvalue weighted by atomic mass is 35.5. The standard InChI is InChI=1S/C10H7ClN6/c11-10-9-8(14-6-15-10)7(5-13-9)3-1-2-4-16-17-12/h5-6,13H,2,4H2. The molecule has 17 heavy (non-hydrogen) atoms. The lowest BCUT2D eigenvalue weighted by molar-refractivity contribution is 1.01. The van der Waals surface area contributed by atoms with E-state index in [1.165, 1.54) is 6.33 Å². The van der Waals surface area contributed by atoms with E-state index in [0.717, 1.165) is 5.56 Å². The van der Waals surface area contributed by atoms with E-state index in [4.69, 9.17) is 17.1 Å². The lowest BCUT2D eigenvalue weighted by atomic mass is 10.3. The van der Waals surface area contributed by atoms with Gasteiger partial charge in [-0.25, -0.2) is 9.97 Å². The highest BCUT2D eigenvalue weighted by molar-refractivity contribution is 6.33. The molecule has 2 aromatic heterocycles. The van der Waals surface area contributed by atoms with Gasteiger partial charge < -0.3 is 4.98 Å². The predicted molar refractivity (Wildman–Crippen MR) is 64.4 cm³/mol. The molecule has 2 heterocycles. The van der Waals surface area contributed by atoms with E-state index >= 15 is 0 Å². The fourth-order valence-electron chi connectivity index (χ4n) is 1.31. The topological polar surface area (TPSA) is 90.3 Å². The van der Waals surface area contributed by atoms with E-state index in [1.807, 2.05) is 0 Å². The smallest absolute Gasteiger partial charge is 0.156 e. The Labute approximate surface area is 102 Å². The number of rotatable bonds is 2. The monoisotopic (exact) mass is 246 g/mol. The molecule has 0 aromatic carbocycles. The van der Waals surface area contributed by atoms with Crippen molar-refractivity contribution >= 4 is 22.6 Å². The Morgan fingerprint density at radius 2 is 2.41 bits per heavy atom. The number of nitrogens with one attached hydrogen (secondary N) is 1. The second kappa shape index (κ2) is 5.21. The first-order valence-corrected chi connectivity index (χ1v) is 5.18. The van der Waals surface area contributed by atoms with Crippen molar-refractivity contribution in [2.45, 2.75) is 6.42 Å². The van der Waals surface area contributed by atoms with E-state index in [0.29, 0.717) is 29.2 Å². The van der Waals surface area contributed by atoms with Gasteiger partial charge in [0.25, 0.3) is 0 Å². The first-order chi connectivity index (χ1) is 8.33. The molecule has 6 nitrogen and oxygen atoms in total. The van der Waals surface area contributed by atoms with Crippen LogP contribution in [0.5, 0.6) is 0 Å². The van der Waals surface area contributed by atoms with Gasteiger partial charge in [-0.2, -0.15) is 0 Å². The molecule has 7 heteroatoms. The first kappa shape index (κ1) is 11.3. The molecule has 0 aliphatic carbocycles. The third-order valence-corrected chi connectivity index (χ3v) is 2.33. The number of aromatic amines is 1. The number of nitrogens with zero attached hydrogens (tertiary/aromatic N) is 5. The molecule has 0 bridgehead atoms. The zero-order chi connectivity index (χ0) is 12.1. The molecule has 0 amide bonds. The summed E-state index contributed by atoms with van der Waals surface area (Å²) in [4.78, 5) is 13.6. The van der Waals surface area contributed by atoms with Gasteiger partial charge in [0.15, 0.2) is 5.15 Å².